The number of piperazine rings is 1. The second-order valence-electron chi connectivity index (χ2n) is 11.9. The number of hydrogen-bond acceptors (Lipinski definition) is 3. The van der Waals surface area contributed by atoms with Crippen LogP contribution in [0.15, 0.2) is 18.2 Å². The zero-order valence-corrected chi connectivity index (χ0v) is 23.2. The number of para-hydroxylation sites is 1. The third-order valence-electron chi connectivity index (χ3n) is 6.68. The topological polar surface area (TPSA) is 81.8 Å². The fourth-order valence-corrected chi connectivity index (χ4v) is 5.07. The summed E-state index contributed by atoms with van der Waals surface area (Å²) in [4.78, 5) is 42.8. The molecule has 1 aromatic carbocycles. The number of aryl methyl sites for hydroxylation is 2. The van der Waals surface area contributed by atoms with Gasteiger partial charge < -0.3 is 20.4 Å². The second-order valence-corrected chi connectivity index (χ2v) is 11.9. The number of amides is 4. The predicted molar refractivity (Wildman–Crippen MR) is 142 cm³/mol. The van der Waals surface area contributed by atoms with Gasteiger partial charge in [0.25, 0.3) is 0 Å². The first-order chi connectivity index (χ1) is 16.2. The number of carbonyl (C=O) groups excluding carboxylic acids is 3. The molecule has 1 aliphatic rings. The van der Waals surface area contributed by atoms with Crippen molar-refractivity contribution in [1.29, 1.82) is 0 Å². The molecular formula is C28H46N4O3. The lowest BCUT2D eigenvalue weighted by Crippen LogP contribution is -2.60. The van der Waals surface area contributed by atoms with E-state index in [0.29, 0.717) is 32.0 Å². The van der Waals surface area contributed by atoms with E-state index in [1.807, 2.05) is 57.7 Å². The van der Waals surface area contributed by atoms with Crippen LogP contribution in [0.4, 0.5) is 10.5 Å². The molecule has 0 spiro atoms. The number of urea groups is 1. The van der Waals surface area contributed by atoms with E-state index in [0.717, 1.165) is 23.2 Å². The van der Waals surface area contributed by atoms with E-state index in [-0.39, 0.29) is 35.2 Å². The quantitative estimate of drug-likeness (QED) is 0.571. The number of hydrogen-bond donors (Lipinski definition) is 2. The van der Waals surface area contributed by atoms with E-state index < -0.39 is 6.04 Å². The molecule has 2 rings (SSSR count). The van der Waals surface area contributed by atoms with Gasteiger partial charge >= 0.3 is 6.03 Å². The van der Waals surface area contributed by atoms with Gasteiger partial charge in [-0.1, -0.05) is 59.7 Å². The van der Waals surface area contributed by atoms with Gasteiger partial charge in [0, 0.05) is 37.8 Å². The lowest BCUT2D eigenvalue weighted by molar-refractivity contribution is -0.144. The van der Waals surface area contributed by atoms with Crippen LogP contribution in [0.1, 0.15) is 72.4 Å². The van der Waals surface area contributed by atoms with Gasteiger partial charge in [0.15, 0.2) is 0 Å². The molecule has 1 heterocycles. The minimum absolute atomic E-state index is 0.0571. The van der Waals surface area contributed by atoms with Gasteiger partial charge in [-0.2, -0.15) is 0 Å². The molecule has 3 atom stereocenters. The molecule has 2 N–H and O–H groups in total. The van der Waals surface area contributed by atoms with Gasteiger partial charge in [0.2, 0.25) is 11.8 Å². The van der Waals surface area contributed by atoms with Crippen LogP contribution in [-0.2, 0) is 9.59 Å². The molecule has 0 aromatic heterocycles. The lowest BCUT2D eigenvalue weighted by Gasteiger charge is -2.42. The standard InChI is InChI=1S/C28H46N4O3/c1-18(2)24(29-27(35)30-25-20(4)11-10-12-21(25)5)26(34)31-13-14-32(22(6)17-31)23(33)15-19(3)16-28(7,8)9/h10-12,18-19,22,24H,13-17H2,1-9H3,(H2,29,30,35). The molecule has 3 unspecified atom stereocenters. The molecule has 35 heavy (non-hydrogen) atoms. The lowest BCUT2D eigenvalue weighted by atomic mass is 9.84. The summed E-state index contributed by atoms with van der Waals surface area (Å²) in [6, 6.07) is 4.76. The Labute approximate surface area is 212 Å². The predicted octanol–water partition coefficient (Wildman–Crippen LogP) is 4.97. The zero-order valence-electron chi connectivity index (χ0n) is 23.2. The molecule has 0 saturated carbocycles. The van der Waals surface area contributed by atoms with E-state index in [2.05, 4.69) is 38.3 Å². The van der Waals surface area contributed by atoms with Crippen molar-refractivity contribution in [2.45, 2.75) is 87.2 Å². The minimum Gasteiger partial charge on any atom is -0.337 e. The summed E-state index contributed by atoms with van der Waals surface area (Å²) in [5, 5.41) is 5.80. The van der Waals surface area contributed by atoms with Crippen molar-refractivity contribution in [3.63, 3.8) is 0 Å². The van der Waals surface area contributed by atoms with Crippen LogP contribution >= 0.6 is 0 Å². The summed E-state index contributed by atoms with van der Waals surface area (Å²) in [5.74, 6) is 0.309. The van der Waals surface area contributed by atoms with Crippen LogP contribution < -0.4 is 10.6 Å². The maximum Gasteiger partial charge on any atom is 0.319 e. The summed E-state index contributed by atoms with van der Waals surface area (Å²) >= 11 is 0. The van der Waals surface area contributed by atoms with Crippen molar-refractivity contribution >= 4 is 23.5 Å². The monoisotopic (exact) mass is 486 g/mol. The number of rotatable bonds is 7. The second kappa shape index (κ2) is 11.9. The van der Waals surface area contributed by atoms with Crippen LogP contribution in [0.3, 0.4) is 0 Å². The Bertz CT molecular complexity index is 886. The van der Waals surface area contributed by atoms with E-state index in [9.17, 15) is 14.4 Å². The van der Waals surface area contributed by atoms with Gasteiger partial charge in [0.1, 0.15) is 6.04 Å². The Kier molecular flexibility index (Phi) is 9.76. The fourth-order valence-electron chi connectivity index (χ4n) is 5.07. The Morgan fingerprint density at radius 1 is 1.06 bits per heavy atom. The van der Waals surface area contributed by atoms with Crippen LogP contribution in [0.2, 0.25) is 0 Å². The molecule has 196 valence electrons. The average Bonchev–Trinajstić information content (AvgIpc) is 2.72. The summed E-state index contributed by atoms with van der Waals surface area (Å²) < 4.78 is 0. The summed E-state index contributed by atoms with van der Waals surface area (Å²) in [7, 11) is 0. The first kappa shape index (κ1) is 28.7. The van der Waals surface area contributed by atoms with Crippen molar-refractivity contribution in [3.8, 4) is 0 Å². The first-order valence-electron chi connectivity index (χ1n) is 12.9. The van der Waals surface area contributed by atoms with Crippen LogP contribution in [0, 0.1) is 31.1 Å². The van der Waals surface area contributed by atoms with Crippen LogP contribution in [0.5, 0.6) is 0 Å². The fraction of sp³-hybridized carbons (Fsp3) is 0.679. The Balaban J connectivity index is 1.98. The van der Waals surface area contributed by atoms with Gasteiger partial charge in [-0.15, -0.1) is 0 Å². The highest BCUT2D eigenvalue weighted by Gasteiger charge is 2.35. The number of carbonyl (C=O) groups is 3. The van der Waals surface area contributed by atoms with E-state index in [1.54, 1.807) is 4.90 Å². The average molecular weight is 487 g/mol. The third kappa shape index (κ3) is 8.25. The Hall–Kier alpha value is -2.57. The number of nitrogens with zero attached hydrogens (tertiary/aromatic N) is 2. The Morgan fingerprint density at radius 2 is 1.66 bits per heavy atom. The Morgan fingerprint density at radius 3 is 2.17 bits per heavy atom. The van der Waals surface area contributed by atoms with Crippen molar-refractivity contribution in [1.82, 2.24) is 15.1 Å². The molecule has 1 aliphatic heterocycles. The highest BCUT2D eigenvalue weighted by atomic mass is 16.2. The van der Waals surface area contributed by atoms with Crippen LogP contribution in [0.25, 0.3) is 0 Å². The third-order valence-corrected chi connectivity index (χ3v) is 6.68. The van der Waals surface area contributed by atoms with E-state index in [4.69, 9.17) is 0 Å². The molecule has 0 aliphatic carbocycles. The maximum absolute atomic E-state index is 13.4. The summed E-state index contributed by atoms with van der Waals surface area (Å²) in [6.45, 7) is 19.9. The zero-order chi connectivity index (χ0) is 26.5. The van der Waals surface area contributed by atoms with Crippen molar-refractivity contribution < 1.29 is 14.4 Å². The maximum atomic E-state index is 13.4. The molecule has 1 fully saturated rings. The van der Waals surface area contributed by atoms with Crippen molar-refractivity contribution in [2.24, 2.45) is 17.3 Å². The van der Waals surface area contributed by atoms with Crippen LogP contribution in [-0.4, -0.2) is 59.4 Å². The van der Waals surface area contributed by atoms with Gasteiger partial charge in [-0.3, -0.25) is 9.59 Å². The summed E-state index contributed by atoms with van der Waals surface area (Å²) in [5.41, 5.74) is 2.90. The molecule has 7 heteroatoms. The van der Waals surface area contributed by atoms with Crippen molar-refractivity contribution in [3.05, 3.63) is 29.3 Å². The number of anilines is 1. The first-order valence-corrected chi connectivity index (χ1v) is 12.9. The smallest absolute Gasteiger partial charge is 0.319 e. The number of benzene rings is 1. The summed E-state index contributed by atoms with van der Waals surface area (Å²) in [6.07, 6.45) is 1.53. The van der Waals surface area contributed by atoms with Gasteiger partial charge in [0.05, 0.1) is 0 Å². The molecule has 7 nitrogen and oxygen atoms in total. The molecule has 1 aromatic rings. The van der Waals surface area contributed by atoms with Gasteiger partial charge in [-0.05, 0) is 55.6 Å². The normalized spacial score (nSPS) is 18.3. The molecule has 1 saturated heterocycles. The SMILES string of the molecule is Cc1cccc(C)c1NC(=O)NC(C(=O)N1CCN(C(=O)CC(C)CC(C)(C)C)C(C)C1)C(C)C. The highest BCUT2D eigenvalue weighted by molar-refractivity contribution is 5.95. The molecule has 4 amide bonds. The number of nitrogens with one attached hydrogen (secondary N) is 2. The molecule has 0 bridgehead atoms. The molecule has 0 radical (unpaired) electrons. The highest BCUT2D eigenvalue weighted by Crippen LogP contribution is 2.27. The molecular weight excluding hydrogens is 440 g/mol. The van der Waals surface area contributed by atoms with E-state index >= 15 is 0 Å². The minimum atomic E-state index is -0.638. The van der Waals surface area contributed by atoms with Crippen molar-refractivity contribution in [2.75, 3.05) is 25.0 Å². The van der Waals surface area contributed by atoms with Gasteiger partial charge in [-0.25, -0.2) is 4.79 Å². The largest absolute Gasteiger partial charge is 0.337 e. The van der Waals surface area contributed by atoms with E-state index in [1.165, 1.54) is 0 Å².